The van der Waals surface area contributed by atoms with Crippen molar-refractivity contribution < 1.29 is 23.9 Å². The normalized spacial score (nSPS) is 12.3. The summed E-state index contributed by atoms with van der Waals surface area (Å²) in [6, 6.07) is 21.3. The second kappa shape index (κ2) is 9.13. The van der Waals surface area contributed by atoms with Crippen LogP contribution in [0.3, 0.4) is 0 Å². The largest absolute Gasteiger partial charge is 0.460 e. The number of rotatable bonds is 6. The molecule has 32 heavy (non-hydrogen) atoms. The van der Waals surface area contributed by atoms with E-state index in [4.69, 9.17) is 4.74 Å². The van der Waals surface area contributed by atoms with Crippen LogP contribution in [0.15, 0.2) is 78.9 Å². The number of carbonyl (C=O) groups excluding carboxylic acids is 4. The second-order valence-electron chi connectivity index (χ2n) is 6.97. The highest BCUT2D eigenvalue weighted by Gasteiger charge is 2.34. The summed E-state index contributed by atoms with van der Waals surface area (Å²) in [5, 5.41) is 5.37. The minimum absolute atomic E-state index is 0.0304. The second-order valence-corrected chi connectivity index (χ2v) is 6.97. The number of fused-ring (bicyclic) bond motifs is 1. The number of para-hydroxylation sites is 1. The number of hydrogen-bond acceptors (Lipinski definition) is 5. The molecule has 0 aromatic heterocycles. The average molecular weight is 429 g/mol. The molecule has 3 aromatic carbocycles. The Bertz CT molecular complexity index is 1140. The van der Waals surface area contributed by atoms with Crippen molar-refractivity contribution in [2.45, 2.75) is 0 Å². The monoisotopic (exact) mass is 429 g/mol. The fourth-order valence-corrected chi connectivity index (χ4v) is 3.26. The van der Waals surface area contributed by atoms with Gasteiger partial charge < -0.3 is 15.4 Å². The predicted octanol–water partition coefficient (Wildman–Crippen LogP) is 3.78. The summed E-state index contributed by atoms with van der Waals surface area (Å²) >= 11 is 0. The fourth-order valence-electron chi connectivity index (χ4n) is 3.26. The molecule has 0 saturated carbocycles. The first-order chi connectivity index (χ1) is 15.5. The number of anilines is 2. The molecule has 3 aromatic rings. The molecule has 8 heteroatoms. The number of hydrogen-bond donors (Lipinski definition) is 2. The Hall–Kier alpha value is -4.46. The Kier molecular flexibility index (Phi) is 5.94. The van der Waals surface area contributed by atoms with Crippen LogP contribution in [0.2, 0.25) is 0 Å². The lowest BCUT2D eigenvalue weighted by Crippen LogP contribution is -2.33. The van der Waals surface area contributed by atoms with Crippen molar-refractivity contribution in [3.8, 4) is 0 Å². The van der Waals surface area contributed by atoms with E-state index >= 15 is 0 Å². The van der Waals surface area contributed by atoms with Crippen LogP contribution in [0, 0.1) is 0 Å². The Morgan fingerprint density at radius 2 is 1.25 bits per heavy atom. The maximum atomic E-state index is 12.3. The summed E-state index contributed by atoms with van der Waals surface area (Å²) < 4.78 is 5.20. The van der Waals surface area contributed by atoms with E-state index in [1.54, 1.807) is 48.5 Å². The average Bonchev–Trinajstić information content (AvgIpc) is 3.05. The number of urea groups is 1. The molecule has 0 spiro atoms. The Morgan fingerprint density at radius 3 is 1.84 bits per heavy atom. The van der Waals surface area contributed by atoms with E-state index in [1.807, 2.05) is 18.2 Å². The third-order valence-electron chi connectivity index (χ3n) is 4.84. The molecule has 0 unspecified atom stereocenters. The molecule has 1 aliphatic heterocycles. The molecule has 1 aliphatic rings. The van der Waals surface area contributed by atoms with Crippen LogP contribution < -0.4 is 10.6 Å². The number of amides is 4. The van der Waals surface area contributed by atoms with Crippen LogP contribution in [0.25, 0.3) is 0 Å². The van der Waals surface area contributed by atoms with Gasteiger partial charge in [-0.15, -0.1) is 0 Å². The molecule has 160 valence electrons. The van der Waals surface area contributed by atoms with Crippen molar-refractivity contribution in [3.05, 3.63) is 95.6 Å². The van der Waals surface area contributed by atoms with Crippen molar-refractivity contribution in [3.63, 3.8) is 0 Å². The highest BCUT2D eigenvalue weighted by molar-refractivity contribution is 6.21. The summed E-state index contributed by atoms with van der Waals surface area (Å²) in [6.07, 6.45) is 0. The van der Waals surface area contributed by atoms with Crippen molar-refractivity contribution in [1.82, 2.24) is 4.90 Å². The van der Waals surface area contributed by atoms with Crippen molar-refractivity contribution in [1.29, 1.82) is 0 Å². The van der Waals surface area contributed by atoms with E-state index in [1.165, 1.54) is 12.1 Å². The molecule has 0 saturated heterocycles. The zero-order valence-corrected chi connectivity index (χ0v) is 16.9. The molecule has 2 N–H and O–H groups in total. The van der Waals surface area contributed by atoms with Crippen LogP contribution in [0.4, 0.5) is 16.2 Å². The minimum Gasteiger partial charge on any atom is -0.460 e. The number of carbonyl (C=O) groups is 4. The van der Waals surface area contributed by atoms with Gasteiger partial charge in [-0.3, -0.25) is 14.5 Å². The third kappa shape index (κ3) is 4.49. The smallest absolute Gasteiger partial charge is 0.338 e. The predicted molar refractivity (Wildman–Crippen MR) is 118 cm³/mol. The standard InChI is InChI=1S/C24H19N3O5/c28-21-19-8-4-5-9-20(19)22(29)27(21)14-15-32-23(30)16-10-12-18(13-11-16)26-24(31)25-17-6-2-1-3-7-17/h1-13H,14-15H2,(H2,25,26,31). The van der Waals surface area contributed by atoms with Crippen LogP contribution in [0.5, 0.6) is 0 Å². The van der Waals surface area contributed by atoms with Gasteiger partial charge in [0.1, 0.15) is 6.61 Å². The lowest BCUT2D eigenvalue weighted by Gasteiger charge is -2.14. The fraction of sp³-hybridized carbons (Fsp3) is 0.0833. The SMILES string of the molecule is O=C(Nc1ccccc1)Nc1ccc(C(=O)OCCN2C(=O)c3ccccc3C2=O)cc1. The number of esters is 1. The van der Waals surface area contributed by atoms with Crippen LogP contribution in [-0.2, 0) is 4.74 Å². The summed E-state index contributed by atoms with van der Waals surface area (Å²) in [5.74, 6) is -1.39. The first-order valence-corrected chi connectivity index (χ1v) is 9.88. The van der Waals surface area contributed by atoms with E-state index in [9.17, 15) is 19.2 Å². The highest BCUT2D eigenvalue weighted by atomic mass is 16.5. The quantitative estimate of drug-likeness (QED) is 0.458. The van der Waals surface area contributed by atoms with Crippen molar-refractivity contribution in [2.75, 3.05) is 23.8 Å². The van der Waals surface area contributed by atoms with Gasteiger partial charge in [-0.05, 0) is 48.5 Å². The van der Waals surface area contributed by atoms with Crippen LogP contribution >= 0.6 is 0 Å². The molecule has 1 heterocycles. The highest BCUT2D eigenvalue weighted by Crippen LogP contribution is 2.22. The van der Waals surface area contributed by atoms with Gasteiger partial charge in [-0.25, -0.2) is 9.59 Å². The summed E-state index contributed by atoms with van der Waals surface area (Å²) in [7, 11) is 0. The molecular formula is C24H19N3O5. The van der Waals surface area contributed by atoms with Gasteiger partial charge in [0.15, 0.2) is 0 Å². The van der Waals surface area contributed by atoms with Crippen molar-refractivity contribution >= 4 is 35.2 Å². The Balaban J connectivity index is 1.27. The van der Waals surface area contributed by atoms with E-state index in [0.29, 0.717) is 22.5 Å². The van der Waals surface area contributed by atoms with Gasteiger partial charge in [0.2, 0.25) is 0 Å². The lowest BCUT2D eigenvalue weighted by atomic mass is 10.1. The zero-order chi connectivity index (χ0) is 22.5. The number of benzene rings is 3. The number of nitrogens with one attached hydrogen (secondary N) is 2. The van der Waals surface area contributed by atoms with Gasteiger partial charge in [0, 0.05) is 11.4 Å². The lowest BCUT2D eigenvalue weighted by molar-refractivity contribution is 0.0420. The molecule has 0 atom stereocenters. The van der Waals surface area contributed by atoms with Gasteiger partial charge in [0.25, 0.3) is 11.8 Å². The zero-order valence-electron chi connectivity index (χ0n) is 16.9. The molecular weight excluding hydrogens is 410 g/mol. The topological polar surface area (TPSA) is 105 Å². The number of nitrogens with zero attached hydrogens (tertiary/aromatic N) is 1. The number of imide groups is 1. The van der Waals surface area contributed by atoms with Crippen LogP contribution in [0.1, 0.15) is 31.1 Å². The van der Waals surface area contributed by atoms with Gasteiger partial charge in [-0.1, -0.05) is 30.3 Å². The summed E-state index contributed by atoms with van der Waals surface area (Å²) in [4.78, 5) is 50.0. The van der Waals surface area contributed by atoms with E-state index in [0.717, 1.165) is 4.90 Å². The summed E-state index contributed by atoms with van der Waals surface area (Å²) in [5.41, 5.74) is 2.14. The maximum absolute atomic E-state index is 12.3. The molecule has 0 radical (unpaired) electrons. The van der Waals surface area contributed by atoms with E-state index < -0.39 is 23.8 Å². The van der Waals surface area contributed by atoms with Gasteiger partial charge in [0.05, 0.1) is 23.2 Å². The first-order valence-electron chi connectivity index (χ1n) is 9.88. The molecule has 4 amide bonds. The van der Waals surface area contributed by atoms with Gasteiger partial charge >= 0.3 is 12.0 Å². The van der Waals surface area contributed by atoms with Crippen LogP contribution in [-0.4, -0.2) is 41.9 Å². The third-order valence-corrected chi connectivity index (χ3v) is 4.84. The van der Waals surface area contributed by atoms with E-state index in [2.05, 4.69) is 10.6 Å². The minimum atomic E-state index is -0.595. The molecule has 8 nitrogen and oxygen atoms in total. The molecule has 4 rings (SSSR count). The number of ether oxygens (including phenoxy) is 1. The van der Waals surface area contributed by atoms with Crippen molar-refractivity contribution in [2.24, 2.45) is 0 Å². The summed E-state index contributed by atoms with van der Waals surface area (Å²) in [6.45, 7) is -0.152. The maximum Gasteiger partial charge on any atom is 0.338 e. The first kappa shape index (κ1) is 20.8. The molecule has 0 bridgehead atoms. The Morgan fingerprint density at radius 1 is 0.719 bits per heavy atom. The van der Waals surface area contributed by atoms with Gasteiger partial charge in [-0.2, -0.15) is 0 Å². The molecule has 0 aliphatic carbocycles. The Labute approximate surface area is 183 Å². The molecule has 0 fully saturated rings. The van der Waals surface area contributed by atoms with E-state index in [-0.39, 0.29) is 18.7 Å².